The fourth-order valence-electron chi connectivity index (χ4n) is 2.75. The van der Waals surface area contributed by atoms with Gasteiger partial charge in [0.2, 0.25) is 0 Å². The zero-order valence-electron chi connectivity index (χ0n) is 13.7. The number of carbonyl (C=O) groups is 2. The average molecular weight is 413 g/mol. The second-order valence-electron chi connectivity index (χ2n) is 5.81. The minimum Gasteiger partial charge on any atom is -0.457 e. The van der Waals surface area contributed by atoms with E-state index in [4.69, 9.17) is 4.74 Å². The number of esters is 1. The van der Waals surface area contributed by atoms with Gasteiger partial charge in [0.1, 0.15) is 6.61 Å². The number of amides is 1. The van der Waals surface area contributed by atoms with Gasteiger partial charge in [0, 0.05) is 15.7 Å². The maximum absolute atomic E-state index is 12.6. The highest BCUT2D eigenvalue weighted by Gasteiger charge is 2.22. The maximum Gasteiger partial charge on any atom is 0.338 e. The highest BCUT2D eigenvalue weighted by Crippen LogP contribution is 2.24. The molecule has 0 radical (unpaired) electrons. The van der Waals surface area contributed by atoms with Gasteiger partial charge in [-0.25, -0.2) is 9.48 Å². The van der Waals surface area contributed by atoms with Crippen LogP contribution in [0.15, 0.2) is 46.9 Å². The molecule has 4 rings (SSSR count). The first-order valence-electron chi connectivity index (χ1n) is 7.82. The van der Waals surface area contributed by atoms with E-state index in [9.17, 15) is 9.59 Å². The summed E-state index contributed by atoms with van der Waals surface area (Å²) in [5.41, 5.74) is 3.42. The number of benzene rings is 2. The molecule has 0 bridgehead atoms. The van der Waals surface area contributed by atoms with Crippen molar-refractivity contribution in [3.8, 4) is 5.69 Å². The van der Waals surface area contributed by atoms with Gasteiger partial charge in [-0.3, -0.25) is 4.79 Å². The summed E-state index contributed by atoms with van der Waals surface area (Å²) in [4.78, 5) is 24.2. The molecule has 0 atom stereocenters. The number of hydrogen-bond donors (Lipinski definition) is 1. The summed E-state index contributed by atoms with van der Waals surface area (Å²) in [7, 11) is 0. The number of rotatable bonds is 3. The number of nitrogens with one attached hydrogen (secondary N) is 1. The number of hydrogen-bond acceptors (Lipinski definition) is 5. The summed E-state index contributed by atoms with van der Waals surface area (Å²) >= 11 is 3.39. The van der Waals surface area contributed by atoms with E-state index < -0.39 is 5.91 Å². The Morgan fingerprint density at radius 2 is 2.00 bits per heavy atom. The summed E-state index contributed by atoms with van der Waals surface area (Å²) < 4.78 is 7.52. The number of nitrogens with zero attached hydrogens (tertiary/aromatic N) is 3. The monoisotopic (exact) mass is 412 g/mol. The Morgan fingerprint density at radius 3 is 2.77 bits per heavy atom. The molecule has 3 aromatic rings. The zero-order valence-corrected chi connectivity index (χ0v) is 15.3. The Hall–Kier alpha value is -3.00. The summed E-state index contributed by atoms with van der Waals surface area (Å²) in [6.07, 6.45) is 0. The van der Waals surface area contributed by atoms with Crippen LogP contribution in [0.5, 0.6) is 0 Å². The highest BCUT2D eigenvalue weighted by atomic mass is 79.9. The molecule has 0 unspecified atom stereocenters. The van der Waals surface area contributed by atoms with Crippen molar-refractivity contribution in [3.05, 3.63) is 69.5 Å². The summed E-state index contributed by atoms with van der Waals surface area (Å²) in [6, 6.07) is 12.6. The minimum atomic E-state index is -0.392. The van der Waals surface area contributed by atoms with Crippen molar-refractivity contribution in [2.75, 3.05) is 5.32 Å². The number of fused-ring (bicyclic) bond motifs is 1. The first-order valence-corrected chi connectivity index (χ1v) is 8.62. The summed E-state index contributed by atoms with van der Waals surface area (Å²) in [5.74, 6) is -0.773. The normalized spacial score (nSPS) is 12.6. The van der Waals surface area contributed by atoms with Crippen LogP contribution in [0, 0.1) is 6.92 Å². The van der Waals surface area contributed by atoms with E-state index in [1.165, 1.54) is 0 Å². The topological polar surface area (TPSA) is 86.1 Å². The van der Waals surface area contributed by atoms with Gasteiger partial charge in [0.25, 0.3) is 5.91 Å². The Balaban J connectivity index is 1.59. The van der Waals surface area contributed by atoms with Gasteiger partial charge in [0.05, 0.1) is 16.9 Å². The molecule has 1 amide bonds. The lowest BCUT2D eigenvalue weighted by molar-refractivity contribution is 0.0535. The molecule has 2 aromatic carbocycles. The van der Waals surface area contributed by atoms with Gasteiger partial charge < -0.3 is 10.1 Å². The van der Waals surface area contributed by atoms with Crippen LogP contribution in [0.25, 0.3) is 5.69 Å². The van der Waals surface area contributed by atoms with Crippen molar-refractivity contribution in [1.29, 1.82) is 0 Å². The molecule has 0 saturated heterocycles. The highest BCUT2D eigenvalue weighted by molar-refractivity contribution is 9.10. The van der Waals surface area contributed by atoms with Crippen LogP contribution in [0.3, 0.4) is 0 Å². The lowest BCUT2D eigenvalue weighted by Crippen LogP contribution is -2.14. The van der Waals surface area contributed by atoms with Crippen molar-refractivity contribution >= 4 is 33.5 Å². The largest absolute Gasteiger partial charge is 0.457 e. The quantitative estimate of drug-likeness (QED) is 0.667. The van der Waals surface area contributed by atoms with Gasteiger partial charge in [-0.15, -0.1) is 5.10 Å². The maximum atomic E-state index is 12.6. The first kappa shape index (κ1) is 16.5. The Kier molecular flexibility index (Phi) is 4.04. The number of anilines is 1. The molecule has 1 aromatic heterocycles. The van der Waals surface area contributed by atoms with Crippen LogP contribution in [0.1, 0.15) is 32.1 Å². The fourth-order valence-corrected chi connectivity index (χ4v) is 3.01. The summed E-state index contributed by atoms with van der Waals surface area (Å²) in [6.45, 7) is 2.04. The van der Waals surface area contributed by atoms with Crippen LogP contribution in [0.2, 0.25) is 0 Å². The predicted octanol–water partition coefficient (Wildman–Crippen LogP) is 3.26. The molecule has 130 valence electrons. The SMILES string of the molecule is Cc1c(C(=O)Nc2ccc3c(c2)C(=O)OC3)nnn1-c1ccc(Br)cc1. The lowest BCUT2D eigenvalue weighted by Gasteiger charge is -2.06. The van der Waals surface area contributed by atoms with E-state index in [1.807, 2.05) is 24.3 Å². The standard InChI is InChI=1S/C18H13BrN4O3/c1-10-16(21-22-23(10)14-6-3-12(19)4-7-14)17(24)20-13-5-2-11-9-26-18(25)15(11)8-13/h2-8H,9H2,1H3,(H,20,24). The average Bonchev–Trinajstić information content (AvgIpc) is 3.19. The number of cyclic esters (lactones) is 1. The van der Waals surface area contributed by atoms with E-state index in [1.54, 1.807) is 29.8 Å². The number of aromatic nitrogens is 3. The molecular formula is C18H13BrN4O3. The molecule has 8 heteroatoms. The molecular weight excluding hydrogens is 400 g/mol. The molecule has 26 heavy (non-hydrogen) atoms. The second-order valence-corrected chi connectivity index (χ2v) is 6.73. The van der Waals surface area contributed by atoms with Gasteiger partial charge in [0.15, 0.2) is 5.69 Å². The fraction of sp³-hybridized carbons (Fsp3) is 0.111. The summed E-state index contributed by atoms with van der Waals surface area (Å²) in [5, 5.41) is 10.8. The van der Waals surface area contributed by atoms with Crippen LogP contribution in [0.4, 0.5) is 5.69 Å². The third-order valence-corrected chi connectivity index (χ3v) is 4.66. The van der Waals surface area contributed by atoms with Gasteiger partial charge in [-0.1, -0.05) is 27.2 Å². The lowest BCUT2D eigenvalue weighted by atomic mass is 10.1. The Bertz CT molecular complexity index is 1030. The van der Waals surface area contributed by atoms with Crippen LogP contribution < -0.4 is 5.32 Å². The van der Waals surface area contributed by atoms with Gasteiger partial charge in [-0.05, 0) is 43.3 Å². The van der Waals surface area contributed by atoms with Gasteiger partial charge >= 0.3 is 5.97 Å². The molecule has 0 spiro atoms. The van der Waals surface area contributed by atoms with Crippen molar-refractivity contribution in [1.82, 2.24) is 15.0 Å². The predicted molar refractivity (Wildman–Crippen MR) is 97.3 cm³/mol. The third-order valence-electron chi connectivity index (χ3n) is 4.13. The zero-order chi connectivity index (χ0) is 18.3. The van der Waals surface area contributed by atoms with Crippen LogP contribution in [-0.2, 0) is 11.3 Å². The van der Waals surface area contributed by atoms with E-state index in [-0.39, 0.29) is 18.3 Å². The molecule has 1 N–H and O–H groups in total. The van der Waals surface area contributed by atoms with Crippen molar-refractivity contribution in [2.45, 2.75) is 13.5 Å². The second kappa shape index (κ2) is 6.38. The molecule has 0 fully saturated rings. The number of carbonyl (C=O) groups excluding carboxylic acids is 2. The van der Waals surface area contributed by atoms with E-state index in [0.717, 1.165) is 15.7 Å². The third kappa shape index (κ3) is 2.88. The van der Waals surface area contributed by atoms with Crippen LogP contribution in [-0.4, -0.2) is 26.9 Å². The van der Waals surface area contributed by atoms with E-state index >= 15 is 0 Å². The molecule has 1 aliphatic heterocycles. The van der Waals surface area contributed by atoms with Crippen molar-refractivity contribution in [2.24, 2.45) is 0 Å². The van der Waals surface area contributed by atoms with E-state index in [0.29, 0.717) is 16.9 Å². The Labute approximate surface area is 157 Å². The van der Waals surface area contributed by atoms with Crippen LogP contribution >= 0.6 is 15.9 Å². The van der Waals surface area contributed by atoms with Crippen molar-refractivity contribution in [3.63, 3.8) is 0 Å². The molecule has 0 saturated carbocycles. The minimum absolute atomic E-state index is 0.219. The van der Waals surface area contributed by atoms with E-state index in [2.05, 4.69) is 31.6 Å². The number of ether oxygens (including phenoxy) is 1. The molecule has 7 nitrogen and oxygen atoms in total. The van der Waals surface area contributed by atoms with Crippen molar-refractivity contribution < 1.29 is 14.3 Å². The molecule has 0 aliphatic carbocycles. The Morgan fingerprint density at radius 1 is 1.23 bits per heavy atom. The first-order chi connectivity index (χ1) is 12.5. The molecule has 1 aliphatic rings. The smallest absolute Gasteiger partial charge is 0.338 e. The van der Waals surface area contributed by atoms with Gasteiger partial charge in [-0.2, -0.15) is 0 Å². The number of halogens is 1. The molecule has 2 heterocycles.